The van der Waals surface area contributed by atoms with Gasteiger partial charge in [-0.15, -0.1) is 11.3 Å². The predicted octanol–water partition coefficient (Wildman–Crippen LogP) is 3.27. The van der Waals surface area contributed by atoms with Crippen LogP contribution in [0.1, 0.15) is 38.5 Å². The minimum Gasteiger partial charge on any atom is -0.370 e. The number of hydrogen-bond acceptors (Lipinski definition) is 6. The van der Waals surface area contributed by atoms with Crippen molar-refractivity contribution in [2.75, 3.05) is 17.2 Å². The summed E-state index contributed by atoms with van der Waals surface area (Å²) in [4.78, 5) is 13.4. The lowest BCUT2D eigenvalue weighted by Gasteiger charge is -2.19. The van der Waals surface area contributed by atoms with Gasteiger partial charge in [0.15, 0.2) is 0 Å². The van der Waals surface area contributed by atoms with E-state index in [1.54, 1.807) is 11.3 Å². The number of nitrogens with zero attached hydrogens (tertiary/aromatic N) is 3. The fourth-order valence-corrected chi connectivity index (χ4v) is 2.21. The zero-order chi connectivity index (χ0) is 14.6. The van der Waals surface area contributed by atoms with Crippen molar-refractivity contribution in [3.05, 3.63) is 28.5 Å². The Hall–Kier alpha value is -1.69. The molecule has 0 amide bonds. The number of anilines is 2. The van der Waals surface area contributed by atoms with Crippen LogP contribution in [0.15, 0.2) is 17.6 Å². The Morgan fingerprint density at radius 1 is 1.15 bits per heavy atom. The molecule has 5 nitrogen and oxygen atoms in total. The molecule has 0 aliphatic rings. The van der Waals surface area contributed by atoms with Gasteiger partial charge in [-0.2, -0.15) is 0 Å². The van der Waals surface area contributed by atoms with E-state index in [1.807, 2.05) is 17.6 Å². The van der Waals surface area contributed by atoms with E-state index in [1.165, 1.54) is 0 Å². The lowest BCUT2D eigenvalue weighted by Crippen LogP contribution is -2.18. The van der Waals surface area contributed by atoms with E-state index >= 15 is 0 Å². The number of aromatic nitrogens is 3. The smallest absolute Gasteiger partial charge is 0.138 e. The number of hydrogen-bond donors (Lipinski definition) is 2. The Balaban J connectivity index is 2.20. The summed E-state index contributed by atoms with van der Waals surface area (Å²) < 4.78 is 0. The summed E-state index contributed by atoms with van der Waals surface area (Å²) in [5, 5.41) is 9.59. The first-order chi connectivity index (χ1) is 9.49. The predicted molar refractivity (Wildman–Crippen MR) is 84.3 cm³/mol. The molecule has 2 N–H and O–H groups in total. The molecule has 0 spiro atoms. The van der Waals surface area contributed by atoms with Gasteiger partial charge >= 0.3 is 0 Å². The maximum Gasteiger partial charge on any atom is 0.138 e. The normalized spacial score (nSPS) is 11.4. The van der Waals surface area contributed by atoms with Crippen molar-refractivity contribution in [3.8, 4) is 0 Å². The van der Waals surface area contributed by atoms with Gasteiger partial charge in [0.2, 0.25) is 0 Å². The van der Waals surface area contributed by atoms with Gasteiger partial charge in [-0.25, -0.2) is 15.0 Å². The zero-order valence-corrected chi connectivity index (χ0v) is 13.2. The quantitative estimate of drug-likeness (QED) is 0.885. The van der Waals surface area contributed by atoms with E-state index in [2.05, 4.69) is 53.3 Å². The average Bonchev–Trinajstić information content (AvgIpc) is 2.88. The van der Waals surface area contributed by atoms with Gasteiger partial charge in [0.05, 0.1) is 6.54 Å². The van der Waals surface area contributed by atoms with Crippen LogP contribution < -0.4 is 10.6 Å². The molecule has 20 heavy (non-hydrogen) atoms. The second-order valence-electron chi connectivity index (χ2n) is 5.52. The van der Waals surface area contributed by atoms with Crippen LogP contribution in [-0.2, 0) is 12.0 Å². The van der Waals surface area contributed by atoms with E-state index in [0.717, 1.165) is 29.0 Å². The van der Waals surface area contributed by atoms with Crippen LogP contribution in [0.25, 0.3) is 0 Å². The molecule has 0 atom stereocenters. The molecule has 0 fully saturated rings. The summed E-state index contributed by atoms with van der Waals surface area (Å²) in [6.07, 6.45) is 1.81. The Labute approximate surface area is 123 Å². The molecule has 0 radical (unpaired) electrons. The third kappa shape index (κ3) is 3.90. The van der Waals surface area contributed by atoms with Gasteiger partial charge in [0, 0.05) is 29.6 Å². The van der Waals surface area contributed by atoms with E-state index in [4.69, 9.17) is 0 Å². The molecular formula is C14H21N5S. The minimum absolute atomic E-state index is 0.0803. The second-order valence-corrected chi connectivity index (χ2v) is 6.50. The van der Waals surface area contributed by atoms with Crippen LogP contribution in [0.3, 0.4) is 0 Å². The molecule has 0 aromatic carbocycles. The Morgan fingerprint density at radius 2 is 1.85 bits per heavy atom. The highest BCUT2D eigenvalue weighted by Gasteiger charge is 2.19. The second kappa shape index (κ2) is 6.17. The molecule has 2 aromatic rings. The van der Waals surface area contributed by atoms with Crippen LogP contribution in [-0.4, -0.2) is 21.5 Å². The average molecular weight is 291 g/mol. The molecule has 2 heterocycles. The Morgan fingerprint density at radius 3 is 2.40 bits per heavy atom. The highest BCUT2D eigenvalue weighted by atomic mass is 32.1. The van der Waals surface area contributed by atoms with Crippen LogP contribution in [0.2, 0.25) is 0 Å². The van der Waals surface area contributed by atoms with Gasteiger partial charge in [0.25, 0.3) is 0 Å². The molecule has 0 aliphatic carbocycles. The van der Waals surface area contributed by atoms with E-state index in [9.17, 15) is 0 Å². The van der Waals surface area contributed by atoms with Gasteiger partial charge in [-0.3, -0.25) is 0 Å². The van der Waals surface area contributed by atoms with Crippen molar-refractivity contribution in [1.82, 2.24) is 15.0 Å². The van der Waals surface area contributed by atoms with Gasteiger partial charge < -0.3 is 10.6 Å². The van der Waals surface area contributed by atoms with Crippen molar-refractivity contribution in [2.24, 2.45) is 0 Å². The molecule has 0 saturated heterocycles. The van der Waals surface area contributed by atoms with Crippen molar-refractivity contribution >= 4 is 23.0 Å². The first-order valence-electron chi connectivity index (χ1n) is 6.74. The summed E-state index contributed by atoms with van der Waals surface area (Å²) in [6.45, 7) is 9.92. The van der Waals surface area contributed by atoms with Gasteiger partial charge in [-0.05, 0) is 6.92 Å². The molecule has 2 rings (SSSR count). The molecule has 108 valence electrons. The third-order valence-corrected chi connectivity index (χ3v) is 3.44. The van der Waals surface area contributed by atoms with Crippen molar-refractivity contribution in [2.45, 2.75) is 39.7 Å². The number of rotatable bonds is 5. The van der Waals surface area contributed by atoms with Crippen molar-refractivity contribution in [1.29, 1.82) is 0 Å². The molecule has 0 bridgehead atoms. The topological polar surface area (TPSA) is 62.7 Å². The van der Waals surface area contributed by atoms with Gasteiger partial charge in [-0.1, -0.05) is 20.8 Å². The Bertz CT molecular complexity index is 545. The van der Waals surface area contributed by atoms with Crippen molar-refractivity contribution < 1.29 is 0 Å². The molecule has 6 heteroatoms. The highest BCUT2D eigenvalue weighted by molar-refractivity contribution is 7.09. The maximum atomic E-state index is 4.60. The third-order valence-electron chi connectivity index (χ3n) is 2.66. The van der Waals surface area contributed by atoms with E-state index in [0.29, 0.717) is 6.54 Å². The van der Waals surface area contributed by atoms with Crippen LogP contribution in [0.5, 0.6) is 0 Å². The summed E-state index contributed by atoms with van der Waals surface area (Å²) in [5.41, 5.74) is -0.0803. The molecular weight excluding hydrogens is 270 g/mol. The summed E-state index contributed by atoms with van der Waals surface area (Å²) in [7, 11) is 0. The van der Waals surface area contributed by atoms with Crippen LogP contribution in [0.4, 0.5) is 11.6 Å². The molecule has 0 saturated carbocycles. The SMILES string of the molecule is CCNc1cc(NCc2nccs2)nc(C(C)(C)C)n1. The lowest BCUT2D eigenvalue weighted by molar-refractivity contribution is 0.546. The molecule has 0 unspecified atom stereocenters. The summed E-state index contributed by atoms with van der Waals surface area (Å²) >= 11 is 1.63. The Kier molecular flexibility index (Phi) is 4.54. The first kappa shape index (κ1) is 14.7. The highest BCUT2D eigenvalue weighted by Crippen LogP contribution is 2.22. The molecule has 2 aromatic heterocycles. The maximum absolute atomic E-state index is 4.60. The number of nitrogens with one attached hydrogen (secondary N) is 2. The van der Waals surface area contributed by atoms with Crippen LogP contribution >= 0.6 is 11.3 Å². The van der Waals surface area contributed by atoms with Gasteiger partial charge in [0.1, 0.15) is 22.5 Å². The molecule has 0 aliphatic heterocycles. The van der Waals surface area contributed by atoms with E-state index < -0.39 is 0 Å². The van der Waals surface area contributed by atoms with Crippen LogP contribution in [0, 0.1) is 0 Å². The first-order valence-corrected chi connectivity index (χ1v) is 7.62. The van der Waals surface area contributed by atoms with Crippen molar-refractivity contribution in [3.63, 3.8) is 0 Å². The monoisotopic (exact) mass is 291 g/mol. The summed E-state index contributed by atoms with van der Waals surface area (Å²) in [5.74, 6) is 2.52. The fraction of sp³-hybridized carbons (Fsp3) is 0.500. The lowest BCUT2D eigenvalue weighted by atomic mass is 9.96. The number of thiazole rings is 1. The fourth-order valence-electron chi connectivity index (χ4n) is 1.65. The largest absolute Gasteiger partial charge is 0.370 e. The standard InChI is InChI=1S/C14H21N5S/c1-5-15-10-8-11(17-9-12-16-6-7-20-12)19-13(18-10)14(2,3)4/h6-8H,5,9H2,1-4H3,(H2,15,17,18,19). The summed E-state index contributed by atoms with van der Waals surface area (Å²) in [6, 6.07) is 1.94. The minimum atomic E-state index is -0.0803. The zero-order valence-electron chi connectivity index (χ0n) is 12.4. The van der Waals surface area contributed by atoms with E-state index in [-0.39, 0.29) is 5.41 Å².